The second-order valence-corrected chi connectivity index (χ2v) is 13.6. The van der Waals surface area contributed by atoms with E-state index < -0.39 is 0 Å². The minimum absolute atomic E-state index is 0.201. The fraction of sp³-hybridized carbons (Fsp3) is 0.526. The van der Waals surface area contributed by atoms with E-state index in [1.54, 1.807) is 22.3 Å². The van der Waals surface area contributed by atoms with Crippen molar-refractivity contribution >= 4 is 0 Å². The Morgan fingerprint density at radius 3 is 2.44 bits per heavy atom. The Bertz CT molecular complexity index is 1280. The van der Waals surface area contributed by atoms with Crippen LogP contribution in [0.2, 0.25) is 0 Å². The van der Waals surface area contributed by atoms with Gasteiger partial charge in [-0.1, -0.05) is 104 Å². The molecule has 202 valence electrons. The number of benzene rings is 1. The lowest BCUT2D eigenvalue weighted by Gasteiger charge is -2.55. The number of allylic oxidation sites excluding steroid dienone is 8. The molecule has 3 saturated carbocycles. The van der Waals surface area contributed by atoms with Gasteiger partial charge in [-0.05, 0) is 103 Å². The summed E-state index contributed by atoms with van der Waals surface area (Å²) in [6, 6.07) is 10.0. The fourth-order valence-corrected chi connectivity index (χ4v) is 10.2. The quantitative estimate of drug-likeness (QED) is 0.388. The van der Waals surface area contributed by atoms with Crippen molar-refractivity contribution in [2.45, 2.75) is 88.6 Å². The van der Waals surface area contributed by atoms with E-state index in [1.165, 1.54) is 76.4 Å². The molecule has 1 heteroatoms. The van der Waals surface area contributed by atoms with Crippen molar-refractivity contribution in [3.63, 3.8) is 0 Å². The first kappa shape index (κ1) is 24.3. The summed E-state index contributed by atoms with van der Waals surface area (Å²) in [6.45, 7) is 0. The van der Waals surface area contributed by atoms with Crippen LogP contribution < -0.4 is 0 Å². The van der Waals surface area contributed by atoms with Crippen LogP contribution >= 0.6 is 0 Å². The average Bonchev–Trinajstić information content (AvgIpc) is 3.39. The largest absolute Gasteiger partial charge is 0.485 e. The Morgan fingerprint density at radius 1 is 0.718 bits per heavy atom. The molecule has 1 nitrogen and oxygen atoms in total. The van der Waals surface area contributed by atoms with E-state index in [2.05, 4.69) is 78.9 Å². The van der Waals surface area contributed by atoms with Gasteiger partial charge in [-0.25, -0.2) is 0 Å². The molecule has 0 spiro atoms. The molecular weight excluding hydrogens is 472 g/mol. The predicted molar refractivity (Wildman–Crippen MR) is 160 cm³/mol. The molecule has 1 aromatic carbocycles. The molecule has 0 saturated heterocycles. The van der Waals surface area contributed by atoms with E-state index in [4.69, 9.17) is 4.74 Å². The van der Waals surface area contributed by atoms with Crippen LogP contribution in [0, 0.1) is 35.5 Å². The zero-order chi connectivity index (χ0) is 25.8. The maximum atomic E-state index is 6.55. The third kappa shape index (κ3) is 4.10. The van der Waals surface area contributed by atoms with Gasteiger partial charge in [0.2, 0.25) is 0 Å². The van der Waals surface area contributed by atoms with Crippen molar-refractivity contribution in [1.29, 1.82) is 0 Å². The first-order valence-corrected chi connectivity index (χ1v) is 16.3. The molecule has 8 rings (SSSR count). The Kier molecular flexibility index (Phi) is 6.31. The summed E-state index contributed by atoms with van der Waals surface area (Å²) >= 11 is 0. The van der Waals surface area contributed by atoms with E-state index in [0.717, 1.165) is 23.7 Å². The lowest BCUT2D eigenvalue weighted by atomic mass is 9.49. The van der Waals surface area contributed by atoms with Gasteiger partial charge in [0.05, 0.1) is 0 Å². The molecule has 1 aromatic rings. The lowest BCUT2D eigenvalue weighted by Crippen LogP contribution is -2.47. The van der Waals surface area contributed by atoms with Crippen LogP contribution in [0.1, 0.15) is 93.6 Å². The summed E-state index contributed by atoms with van der Waals surface area (Å²) in [6.07, 6.45) is 36.5. The van der Waals surface area contributed by atoms with Gasteiger partial charge < -0.3 is 4.74 Å². The molecular formula is C38H44O. The van der Waals surface area contributed by atoms with E-state index in [-0.39, 0.29) is 6.10 Å². The van der Waals surface area contributed by atoms with Crippen LogP contribution in [-0.4, -0.2) is 6.10 Å². The van der Waals surface area contributed by atoms with Crippen molar-refractivity contribution in [2.75, 3.05) is 0 Å². The van der Waals surface area contributed by atoms with Gasteiger partial charge in [-0.3, -0.25) is 0 Å². The predicted octanol–water partition coefficient (Wildman–Crippen LogP) is 9.73. The third-order valence-electron chi connectivity index (χ3n) is 11.7. The summed E-state index contributed by atoms with van der Waals surface area (Å²) in [4.78, 5) is 0. The summed E-state index contributed by atoms with van der Waals surface area (Å²) in [7, 11) is 0. The smallest absolute Gasteiger partial charge is 0.127 e. The molecule has 7 aliphatic rings. The number of hydrogen-bond donors (Lipinski definition) is 0. The van der Waals surface area contributed by atoms with Gasteiger partial charge in [0.15, 0.2) is 0 Å². The standard InChI is InChI=1S/C38H44O/c1-2-12-25(13-3-1)26-14-10-15-27(24-26)36-28-16-4-6-18-30(28)37(31-19-7-5-17-29(31)36)33-21-11-23-35-38(33)32-20-8-9-22-34(32)39-35/h4,6,8-11,14-16,20,22-25,29-34,36-37H,1-3,5,7,12-13,17-19,21H2. The fourth-order valence-electron chi connectivity index (χ4n) is 10.2. The highest BCUT2D eigenvalue weighted by molar-refractivity contribution is 5.44. The normalized spacial score (nSPS) is 38.9. The van der Waals surface area contributed by atoms with Crippen LogP contribution in [0.3, 0.4) is 0 Å². The zero-order valence-electron chi connectivity index (χ0n) is 23.4. The van der Waals surface area contributed by atoms with Crippen molar-refractivity contribution in [3.8, 4) is 0 Å². The van der Waals surface area contributed by atoms with Gasteiger partial charge in [0.1, 0.15) is 11.9 Å². The summed E-state index contributed by atoms with van der Waals surface area (Å²) in [5.41, 5.74) is 6.65. The van der Waals surface area contributed by atoms with Crippen molar-refractivity contribution < 1.29 is 4.74 Å². The van der Waals surface area contributed by atoms with Gasteiger partial charge in [-0.15, -0.1) is 0 Å². The van der Waals surface area contributed by atoms with E-state index >= 15 is 0 Å². The maximum Gasteiger partial charge on any atom is 0.127 e. The van der Waals surface area contributed by atoms with Crippen LogP contribution in [0.15, 0.2) is 95.9 Å². The van der Waals surface area contributed by atoms with Gasteiger partial charge in [0, 0.05) is 11.8 Å². The molecule has 0 radical (unpaired) electrons. The summed E-state index contributed by atoms with van der Waals surface area (Å²) in [5, 5.41) is 0. The van der Waals surface area contributed by atoms with Gasteiger partial charge in [-0.2, -0.15) is 0 Å². The van der Waals surface area contributed by atoms with Crippen LogP contribution in [0.25, 0.3) is 0 Å². The first-order chi connectivity index (χ1) is 19.4. The zero-order valence-corrected chi connectivity index (χ0v) is 23.4. The van der Waals surface area contributed by atoms with E-state index in [9.17, 15) is 0 Å². The number of ether oxygens (including phenoxy) is 1. The molecule has 8 unspecified atom stereocenters. The van der Waals surface area contributed by atoms with Crippen LogP contribution in [-0.2, 0) is 4.74 Å². The van der Waals surface area contributed by atoms with Crippen LogP contribution in [0.4, 0.5) is 0 Å². The highest BCUT2D eigenvalue weighted by Crippen LogP contribution is 2.62. The minimum atomic E-state index is 0.201. The SMILES string of the molecule is C1=CCC2C(=C1)C(c1cccc(C3CCCCC3)c1)C1CCCCC1C2C1CC=CC2=C1C1C=CC=CC1O2. The minimum Gasteiger partial charge on any atom is -0.485 e. The van der Waals surface area contributed by atoms with Crippen LogP contribution in [0.5, 0.6) is 0 Å². The Hall–Kier alpha value is -2.54. The topological polar surface area (TPSA) is 9.23 Å². The van der Waals surface area contributed by atoms with Gasteiger partial charge in [0.25, 0.3) is 0 Å². The van der Waals surface area contributed by atoms with Gasteiger partial charge >= 0.3 is 0 Å². The third-order valence-corrected chi connectivity index (χ3v) is 11.7. The number of rotatable bonds is 3. The second kappa shape index (κ2) is 10.1. The molecule has 0 bridgehead atoms. The first-order valence-electron chi connectivity index (χ1n) is 16.3. The Labute approximate surface area is 235 Å². The van der Waals surface area contributed by atoms with E-state index in [0.29, 0.717) is 23.7 Å². The Morgan fingerprint density at radius 2 is 1.51 bits per heavy atom. The highest BCUT2D eigenvalue weighted by Gasteiger charge is 2.53. The molecule has 39 heavy (non-hydrogen) atoms. The number of hydrogen-bond acceptors (Lipinski definition) is 1. The summed E-state index contributed by atoms with van der Waals surface area (Å²) in [5.74, 6) is 6.57. The van der Waals surface area contributed by atoms with Crippen molar-refractivity contribution in [3.05, 3.63) is 107 Å². The lowest BCUT2D eigenvalue weighted by molar-refractivity contribution is 0.0434. The number of fused-ring (bicyclic) bond motifs is 4. The molecule has 0 N–H and O–H groups in total. The van der Waals surface area contributed by atoms with Crippen molar-refractivity contribution in [2.24, 2.45) is 35.5 Å². The average molecular weight is 517 g/mol. The second-order valence-electron chi connectivity index (χ2n) is 13.6. The molecule has 0 aromatic heterocycles. The van der Waals surface area contributed by atoms with Crippen molar-refractivity contribution in [1.82, 2.24) is 0 Å². The molecule has 1 aliphatic heterocycles. The summed E-state index contributed by atoms with van der Waals surface area (Å²) < 4.78 is 6.55. The molecule has 6 aliphatic carbocycles. The highest BCUT2D eigenvalue weighted by atomic mass is 16.5. The molecule has 1 heterocycles. The monoisotopic (exact) mass is 516 g/mol. The molecule has 3 fully saturated rings. The Balaban J connectivity index is 1.19. The molecule has 0 amide bonds. The van der Waals surface area contributed by atoms with E-state index in [1.807, 2.05) is 0 Å². The maximum absolute atomic E-state index is 6.55. The molecule has 8 atom stereocenters.